The monoisotopic (exact) mass is 381 g/mol. The number of aromatic amines is 1. The van der Waals surface area contributed by atoms with Crippen LogP contribution in [0.2, 0.25) is 0 Å². The highest BCUT2D eigenvalue weighted by Crippen LogP contribution is 2.23. The predicted octanol–water partition coefficient (Wildman–Crippen LogP) is 4.03. The van der Waals surface area contributed by atoms with E-state index in [-0.39, 0.29) is 12.1 Å². The van der Waals surface area contributed by atoms with Crippen LogP contribution in [0.25, 0.3) is 22.4 Å². The lowest BCUT2D eigenvalue weighted by Gasteiger charge is -2.07. The minimum atomic E-state index is -0.428. The van der Waals surface area contributed by atoms with E-state index in [1.807, 2.05) is 54.6 Å². The molecule has 29 heavy (non-hydrogen) atoms. The molecule has 0 radical (unpaired) electrons. The number of H-pyrrole nitrogens is 1. The van der Waals surface area contributed by atoms with Gasteiger partial charge in [-0.1, -0.05) is 60.7 Å². The molecular weight excluding hydrogens is 362 g/mol. The summed E-state index contributed by atoms with van der Waals surface area (Å²) in [7, 11) is 0. The van der Waals surface area contributed by atoms with Crippen molar-refractivity contribution in [3.8, 4) is 22.4 Å². The van der Waals surface area contributed by atoms with Gasteiger partial charge in [-0.05, 0) is 41.0 Å². The Bertz CT molecular complexity index is 1170. The molecule has 0 spiro atoms. The van der Waals surface area contributed by atoms with E-state index in [0.717, 1.165) is 22.4 Å². The first kappa shape index (κ1) is 18.4. The lowest BCUT2D eigenvalue weighted by Crippen LogP contribution is -2.29. The summed E-state index contributed by atoms with van der Waals surface area (Å²) in [6.45, 7) is 0.266. The number of carbonyl (C=O) groups excluding carboxylic acids is 1. The molecule has 1 amide bonds. The number of nitrogens with zero attached hydrogens (tertiary/aromatic N) is 1. The third-order valence-corrected chi connectivity index (χ3v) is 4.61. The van der Waals surface area contributed by atoms with Gasteiger partial charge in [0.2, 0.25) is 0 Å². The maximum Gasteiger partial charge on any atom is 0.261 e. The van der Waals surface area contributed by atoms with Crippen LogP contribution in [-0.4, -0.2) is 15.9 Å². The molecule has 0 unspecified atom stereocenters. The number of aromatic nitrogens is 2. The highest BCUT2D eigenvalue weighted by molar-refractivity contribution is 5.94. The van der Waals surface area contributed by atoms with E-state index in [1.54, 1.807) is 24.4 Å². The van der Waals surface area contributed by atoms with Crippen LogP contribution in [0.5, 0.6) is 0 Å². The minimum absolute atomic E-state index is 0.0746. The fourth-order valence-corrected chi connectivity index (χ4v) is 3.06. The first-order chi connectivity index (χ1) is 14.2. The molecular formula is C24H19N3O2. The summed E-state index contributed by atoms with van der Waals surface area (Å²) in [5.74, 6) is -0.428. The van der Waals surface area contributed by atoms with Crippen LogP contribution in [0.15, 0.2) is 95.9 Å². The summed E-state index contributed by atoms with van der Waals surface area (Å²) in [4.78, 5) is 31.7. The lowest BCUT2D eigenvalue weighted by molar-refractivity contribution is 0.0949. The molecule has 0 saturated carbocycles. The zero-order valence-electron chi connectivity index (χ0n) is 15.6. The van der Waals surface area contributed by atoms with Gasteiger partial charge in [-0.3, -0.25) is 14.6 Å². The van der Waals surface area contributed by atoms with Crippen molar-refractivity contribution in [3.05, 3.63) is 113 Å². The Kier molecular flexibility index (Phi) is 5.29. The Morgan fingerprint density at radius 2 is 1.48 bits per heavy atom. The highest BCUT2D eigenvalue weighted by atomic mass is 16.2. The number of amides is 1. The van der Waals surface area contributed by atoms with Gasteiger partial charge in [0, 0.05) is 11.9 Å². The van der Waals surface area contributed by atoms with Gasteiger partial charge in [0.05, 0.1) is 12.2 Å². The molecule has 0 saturated heterocycles. The molecule has 2 heterocycles. The number of pyridine rings is 2. The van der Waals surface area contributed by atoms with E-state index in [9.17, 15) is 9.59 Å². The fraction of sp³-hybridized carbons (Fsp3) is 0.0417. The zero-order valence-corrected chi connectivity index (χ0v) is 15.6. The molecule has 0 aliphatic carbocycles. The Morgan fingerprint density at radius 3 is 2.17 bits per heavy atom. The van der Waals surface area contributed by atoms with Crippen molar-refractivity contribution in [2.24, 2.45) is 0 Å². The summed E-state index contributed by atoms with van der Waals surface area (Å²) in [5.41, 5.74) is 4.15. The van der Waals surface area contributed by atoms with E-state index in [1.165, 1.54) is 0 Å². The minimum Gasteiger partial charge on any atom is -0.346 e. The summed E-state index contributed by atoms with van der Waals surface area (Å²) in [6.07, 6.45) is 1.66. The molecule has 0 aliphatic heterocycles. The smallest absolute Gasteiger partial charge is 0.261 e. The molecule has 5 heteroatoms. The second-order valence-electron chi connectivity index (χ2n) is 6.56. The van der Waals surface area contributed by atoms with E-state index >= 15 is 0 Å². The third-order valence-electron chi connectivity index (χ3n) is 4.61. The number of carbonyl (C=O) groups is 1. The Hall–Kier alpha value is -3.99. The van der Waals surface area contributed by atoms with Gasteiger partial charge in [0.1, 0.15) is 5.56 Å². The summed E-state index contributed by atoms with van der Waals surface area (Å²) < 4.78 is 0. The van der Waals surface area contributed by atoms with Crippen LogP contribution in [0.3, 0.4) is 0 Å². The number of hydrogen-bond donors (Lipinski definition) is 2. The average molecular weight is 381 g/mol. The molecule has 0 bridgehead atoms. The summed E-state index contributed by atoms with van der Waals surface area (Å²) in [5, 5.41) is 2.72. The molecule has 0 atom stereocenters. The maximum absolute atomic E-state index is 12.4. The Morgan fingerprint density at radius 1 is 0.793 bits per heavy atom. The van der Waals surface area contributed by atoms with Crippen LogP contribution >= 0.6 is 0 Å². The molecule has 4 rings (SSSR count). The standard InChI is InChI=1S/C24H19N3O2/c28-23(26-16-20-8-4-5-15-25-20)21-13-14-22(27-24(21)29)19-11-9-18(10-12-19)17-6-2-1-3-7-17/h1-15H,16H2,(H,26,28)(H,27,29). The van der Waals surface area contributed by atoms with Crippen LogP contribution in [0.4, 0.5) is 0 Å². The van der Waals surface area contributed by atoms with Crippen LogP contribution < -0.4 is 10.9 Å². The largest absolute Gasteiger partial charge is 0.346 e. The summed E-state index contributed by atoms with van der Waals surface area (Å²) in [6, 6.07) is 26.8. The van der Waals surface area contributed by atoms with Crippen molar-refractivity contribution in [2.75, 3.05) is 0 Å². The van der Waals surface area contributed by atoms with Gasteiger partial charge in [0.15, 0.2) is 0 Å². The van der Waals surface area contributed by atoms with Crippen molar-refractivity contribution in [1.29, 1.82) is 0 Å². The van der Waals surface area contributed by atoms with Crippen molar-refractivity contribution in [1.82, 2.24) is 15.3 Å². The second kappa shape index (κ2) is 8.35. The number of rotatable bonds is 5. The average Bonchev–Trinajstić information content (AvgIpc) is 2.79. The third kappa shape index (κ3) is 4.30. The first-order valence-electron chi connectivity index (χ1n) is 9.28. The highest BCUT2D eigenvalue weighted by Gasteiger charge is 2.11. The van der Waals surface area contributed by atoms with Gasteiger partial charge in [-0.15, -0.1) is 0 Å². The second-order valence-corrected chi connectivity index (χ2v) is 6.56. The molecule has 142 valence electrons. The number of nitrogens with one attached hydrogen (secondary N) is 2. The van der Waals surface area contributed by atoms with E-state index in [4.69, 9.17) is 0 Å². The Labute approximate surface area is 168 Å². The van der Waals surface area contributed by atoms with Crippen molar-refractivity contribution >= 4 is 5.91 Å². The normalized spacial score (nSPS) is 10.5. The molecule has 5 nitrogen and oxygen atoms in total. The molecule has 2 aromatic heterocycles. The van der Waals surface area contributed by atoms with E-state index < -0.39 is 11.5 Å². The van der Waals surface area contributed by atoms with Gasteiger partial charge in [-0.25, -0.2) is 0 Å². The van der Waals surface area contributed by atoms with Gasteiger partial charge in [-0.2, -0.15) is 0 Å². The molecule has 0 aliphatic rings. The molecule has 4 aromatic rings. The van der Waals surface area contributed by atoms with Gasteiger partial charge in [0.25, 0.3) is 11.5 Å². The van der Waals surface area contributed by atoms with Crippen LogP contribution in [0.1, 0.15) is 16.1 Å². The molecule has 2 N–H and O–H groups in total. The molecule has 2 aromatic carbocycles. The van der Waals surface area contributed by atoms with Gasteiger partial charge < -0.3 is 10.3 Å². The summed E-state index contributed by atoms with van der Waals surface area (Å²) >= 11 is 0. The lowest BCUT2D eigenvalue weighted by atomic mass is 10.0. The first-order valence-corrected chi connectivity index (χ1v) is 9.28. The Balaban J connectivity index is 1.49. The number of benzene rings is 2. The van der Waals surface area contributed by atoms with Crippen LogP contribution in [-0.2, 0) is 6.54 Å². The quantitative estimate of drug-likeness (QED) is 0.548. The number of hydrogen-bond acceptors (Lipinski definition) is 3. The van der Waals surface area contributed by atoms with Crippen molar-refractivity contribution in [2.45, 2.75) is 6.54 Å². The molecule has 0 fully saturated rings. The predicted molar refractivity (Wildman–Crippen MR) is 113 cm³/mol. The van der Waals surface area contributed by atoms with Crippen LogP contribution in [0, 0.1) is 0 Å². The topological polar surface area (TPSA) is 74.8 Å². The van der Waals surface area contributed by atoms with E-state index in [0.29, 0.717) is 5.69 Å². The van der Waals surface area contributed by atoms with Crippen molar-refractivity contribution < 1.29 is 4.79 Å². The van der Waals surface area contributed by atoms with Gasteiger partial charge >= 0.3 is 0 Å². The maximum atomic E-state index is 12.4. The van der Waals surface area contributed by atoms with Crippen molar-refractivity contribution in [3.63, 3.8) is 0 Å². The SMILES string of the molecule is O=C(NCc1ccccn1)c1ccc(-c2ccc(-c3ccccc3)cc2)[nH]c1=O. The fourth-order valence-electron chi connectivity index (χ4n) is 3.06. The zero-order chi connectivity index (χ0) is 20.1. The van der Waals surface area contributed by atoms with E-state index in [2.05, 4.69) is 27.4 Å².